The highest BCUT2D eigenvalue weighted by Gasteiger charge is 2.45. The highest BCUT2D eigenvalue weighted by Crippen LogP contribution is 2.45. The number of benzene rings is 1. The number of halogens is 1. The summed E-state index contributed by atoms with van der Waals surface area (Å²) in [6, 6.07) is 10.0. The Morgan fingerprint density at radius 2 is 2.00 bits per heavy atom. The molecule has 1 heterocycles. The third-order valence-corrected chi connectivity index (χ3v) is 3.61. The van der Waals surface area contributed by atoms with Crippen LogP contribution in [0.15, 0.2) is 48.8 Å². The Balaban J connectivity index is 1.68. The number of rotatable bonds is 4. The average molecular weight is 270 g/mol. The summed E-state index contributed by atoms with van der Waals surface area (Å²) in [5.74, 6) is -0.286. The molecule has 1 aromatic carbocycles. The first-order valence-electron chi connectivity index (χ1n) is 6.64. The summed E-state index contributed by atoms with van der Waals surface area (Å²) >= 11 is 0. The van der Waals surface area contributed by atoms with Crippen LogP contribution in [0, 0.1) is 5.82 Å². The van der Waals surface area contributed by atoms with Crippen LogP contribution in [-0.2, 0) is 16.8 Å². The minimum Gasteiger partial charge on any atom is -0.346 e. The number of pyridine rings is 1. The highest BCUT2D eigenvalue weighted by atomic mass is 19.1. The van der Waals surface area contributed by atoms with Gasteiger partial charge in [-0.1, -0.05) is 18.2 Å². The molecule has 0 radical (unpaired) electrons. The van der Waals surface area contributed by atoms with Gasteiger partial charge in [-0.2, -0.15) is 0 Å². The number of nitrogens with one attached hydrogen (secondary N) is 1. The molecular weight excluding hydrogens is 255 g/mol. The lowest BCUT2D eigenvalue weighted by molar-refractivity contribution is -0.121. The van der Waals surface area contributed by atoms with E-state index in [-0.39, 0.29) is 17.3 Å². The maximum atomic E-state index is 13.0. The molecule has 1 N–H and O–H groups in total. The molecule has 0 unspecified atom stereocenters. The van der Waals surface area contributed by atoms with E-state index in [0.29, 0.717) is 6.42 Å². The van der Waals surface area contributed by atoms with Crippen LogP contribution in [0.4, 0.5) is 4.39 Å². The zero-order valence-corrected chi connectivity index (χ0v) is 11.0. The SMILES string of the molecule is O=C(Cc1cccnc1)NC1(c2ccc(F)cc2)CC1. The molecule has 20 heavy (non-hydrogen) atoms. The normalized spacial score (nSPS) is 15.7. The molecule has 1 amide bonds. The van der Waals surface area contributed by atoms with Crippen molar-refractivity contribution in [1.82, 2.24) is 10.3 Å². The minimum atomic E-state index is -0.299. The second kappa shape index (κ2) is 5.04. The fourth-order valence-corrected chi connectivity index (χ4v) is 2.38. The van der Waals surface area contributed by atoms with Crippen molar-refractivity contribution in [1.29, 1.82) is 0 Å². The fraction of sp³-hybridized carbons (Fsp3) is 0.250. The Hall–Kier alpha value is -2.23. The largest absolute Gasteiger partial charge is 0.346 e. The molecule has 0 aliphatic heterocycles. The lowest BCUT2D eigenvalue weighted by atomic mass is 10.0. The van der Waals surface area contributed by atoms with Gasteiger partial charge in [-0.25, -0.2) is 4.39 Å². The van der Waals surface area contributed by atoms with Gasteiger partial charge in [0.2, 0.25) is 5.91 Å². The van der Waals surface area contributed by atoms with E-state index in [2.05, 4.69) is 10.3 Å². The number of hydrogen-bond donors (Lipinski definition) is 1. The average Bonchev–Trinajstić information content (AvgIpc) is 3.21. The van der Waals surface area contributed by atoms with E-state index >= 15 is 0 Å². The van der Waals surface area contributed by atoms with Gasteiger partial charge in [-0.05, 0) is 42.2 Å². The molecule has 2 aromatic rings. The molecule has 3 rings (SSSR count). The van der Waals surface area contributed by atoms with Gasteiger partial charge in [-0.15, -0.1) is 0 Å². The Morgan fingerprint density at radius 3 is 2.60 bits per heavy atom. The molecule has 1 aromatic heterocycles. The van der Waals surface area contributed by atoms with E-state index in [1.54, 1.807) is 24.5 Å². The number of amides is 1. The molecule has 0 atom stereocenters. The predicted molar refractivity (Wildman–Crippen MR) is 73.4 cm³/mol. The first kappa shape index (κ1) is 12.8. The van der Waals surface area contributed by atoms with Crippen molar-refractivity contribution in [3.8, 4) is 0 Å². The van der Waals surface area contributed by atoms with Crippen molar-refractivity contribution >= 4 is 5.91 Å². The van der Waals surface area contributed by atoms with Gasteiger partial charge >= 0.3 is 0 Å². The first-order chi connectivity index (χ1) is 9.68. The van der Waals surface area contributed by atoms with E-state index < -0.39 is 0 Å². The molecule has 3 nitrogen and oxygen atoms in total. The number of aromatic nitrogens is 1. The Kier molecular flexibility index (Phi) is 3.22. The molecule has 1 saturated carbocycles. The van der Waals surface area contributed by atoms with Crippen molar-refractivity contribution in [2.45, 2.75) is 24.8 Å². The van der Waals surface area contributed by atoms with Crippen molar-refractivity contribution in [2.75, 3.05) is 0 Å². The fourth-order valence-electron chi connectivity index (χ4n) is 2.38. The maximum Gasteiger partial charge on any atom is 0.225 e. The lowest BCUT2D eigenvalue weighted by Gasteiger charge is -2.18. The highest BCUT2D eigenvalue weighted by molar-refractivity contribution is 5.80. The summed E-state index contributed by atoms with van der Waals surface area (Å²) in [7, 11) is 0. The van der Waals surface area contributed by atoms with Crippen LogP contribution in [0.1, 0.15) is 24.0 Å². The van der Waals surface area contributed by atoms with Crippen LogP contribution in [0.2, 0.25) is 0 Å². The van der Waals surface area contributed by atoms with Crippen LogP contribution in [0.3, 0.4) is 0 Å². The predicted octanol–water partition coefficient (Wildman–Crippen LogP) is 2.57. The van der Waals surface area contributed by atoms with Crippen LogP contribution in [-0.4, -0.2) is 10.9 Å². The van der Waals surface area contributed by atoms with Crippen LogP contribution in [0.25, 0.3) is 0 Å². The Labute approximate surface area is 116 Å². The molecule has 0 saturated heterocycles. The van der Waals surface area contributed by atoms with E-state index in [0.717, 1.165) is 24.0 Å². The Bertz CT molecular complexity index is 606. The Morgan fingerprint density at radius 1 is 1.25 bits per heavy atom. The summed E-state index contributed by atoms with van der Waals surface area (Å²) < 4.78 is 13.0. The number of carbonyl (C=O) groups excluding carboxylic acids is 1. The topological polar surface area (TPSA) is 42.0 Å². The molecule has 0 bridgehead atoms. The zero-order chi connectivity index (χ0) is 14.0. The molecule has 1 aliphatic carbocycles. The monoisotopic (exact) mass is 270 g/mol. The second-order valence-electron chi connectivity index (χ2n) is 5.18. The summed E-state index contributed by atoms with van der Waals surface area (Å²) in [5.41, 5.74) is 1.56. The number of nitrogens with zero attached hydrogens (tertiary/aromatic N) is 1. The van der Waals surface area contributed by atoms with Crippen LogP contribution in [0.5, 0.6) is 0 Å². The lowest BCUT2D eigenvalue weighted by Crippen LogP contribution is -2.35. The summed E-state index contributed by atoms with van der Waals surface area (Å²) in [6.07, 6.45) is 5.49. The standard InChI is InChI=1S/C16H15FN2O/c17-14-5-3-13(4-6-14)16(7-8-16)19-15(20)10-12-2-1-9-18-11-12/h1-6,9,11H,7-8,10H2,(H,19,20). The van der Waals surface area contributed by atoms with Gasteiger partial charge in [0.25, 0.3) is 0 Å². The van der Waals surface area contributed by atoms with Gasteiger partial charge in [0.1, 0.15) is 5.82 Å². The van der Waals surface area contributed by atoms with E-state index in [1.807, 2.05) is 12.1 Å². The zero-order valence-electron chi connectivity index (χ0n) is 11.0. The summed E-state index contributed by atoms with van der Waals surface area (Å²) in [4.78, 5) is 16.1. The third kappa shape index (κ3) is 2.69. The molecule has 0 spiro atoms. The molecule has 102 valence electrons. The van der Waals surface area contributed by atoms with Crippen LogP contribution < -0.4 is 5.32 Å². The van der Waals surface area contributed by atoms with Crippen molar-refractivity contribution < 1.29 is 9.18 Å². The van der Waals surface area contributed by atoms with Gasteiger partial charge < -0.3 is 5.32 Å². The van der Waals surface area contributed by atoms with E-state index in [4.69, 9.17) is 0 Å². The smallest absolute Gasteiger partial charge is 0.225 e. The van der Waals surface area contributed by atoms with Crippen LogP contribution >= 0.6 is 0 Å². The molecule has 1 fully saturated rings. The maximum absolute atomic E-state index is 13.0. The molecule has 1 aliphatic rings. The second-order valence-corrected chi connectivity index (χ2v) is 5.18. The minimum absolute atomic E-state index is 0.0279. The summed E-state index contributed by atoms with van der Waals surface area (Å²) in [5, 5.41) is 3.06. The van der Waals surface area contributed by atoms with Crippen molar-refractivity contribution in [3.63, 3.8) is 0 Å². The molecule has 4 heteroatoms. The van der Waals surface area contributed by atoms with Gasteiger partial charge in [-0.3, -0.25) is 9.78 Å². The first-order valence-corrected chi connectivity index (χ1v) is 6.64. The van der Waals surface area contributed by atoms with Gasteiger partial charge in [0, 0.05) is 12.4 Å². The van der Waals surface area contributed by atoms with Gasteiger partial charge in [0.05, 0.1) is 12.0 Å². The van der Waals surface area contributed by atoms with Crippen molar-refractivity contribution in [2.24, 2.45) is 0 Å². The number of carbonyl (C=O) groups is 1. The molecular formula is C16H15FN2O. The quantitative estimate of drug-likeness (QED) is 0.927. The van der Waals surface area contributed by atoms with Gasteiger partial charge in [0.15, 0.2) is 0 Å². The third-order valence-electron chi connectivity index (χ3n) is 3.61. The summed E-state index contributed by atoms with van der Waals surface area (Å²) in [6.45, 7) is 0. The van der Waals surface area contributed by atoms with E-state index in [1.165, 1.54) is 12.1 Å². The number of hydrogen-bond acceptors (Lipinski definition) is 2. The van der Waals surface area contributed by atoms with Crippen molar-refractivity contribution in [3.05, 3.63) is 65.7 Å². The van der Waals surface area contributed by atoms with E-state index in [9.17, 15) is 9.18 Å².